The fraction of sp³-hybridized carbons (Fsp3) is 0.476. The number of rotatable bonds is 5. The zero-order chi connectivity index (χ0) is 19.9. The minimum atomic E-state index is -0.750. The molecule has 2 aromatic rings. The van der Waals surface area contributed by atoms with Crippen LogP contribution in [0.5, 0.6) is 0 Å². The van der Waals surface area contributed by atoms with E-state index in [1.165, 1.54) is 0 Å². The van der Waals surface area contributed by atoms with Crippen LogP contribution in [0.4, 0.5) is 4.79 Å². The van der Waals surface area contributed by atoms with Gasteiger partial charge in [-0.05, 0) is 32.8 Å². The number of furan rings is 1. The molecular formula is C21H24N2O5. The van der Waals surface area contributed by atoms with E-state index in [1.54, 1.807) is 6.92 Å². The number of benzene rings is 1. The highest BCUT2D eigenvalue weighted by molar-refractivity contribution is 6.07. The van der Waals surface area contributed by atoms with Crippen LogP contribution in [-0.2, 0) is 14.3 Å². The first-order valence-electron chi connectivity index (χ1n) is 9.73. The van der Waals surface area contributed by atoms with Crippen LogP contribution in [0.25, 0.3) is 11.0 Å². The lowest BCUT2D eigenvalue weighted by atomic mass is 9.98. The number of hydrogen-bond donors (Lipinski definition) is 1. The monoisotopic (exact) mass is 384 g/mol. The second kappa shape index (κ2) is 6.96. The Morgan fingerprint density at radius 3 is 2.71 bits per heavy atom. The van der Waals surface area contributed by atoms with Gasteiger partial charge in [-0.1, -0.05) is 31.0 Å². The number of para-hydroxylation sites is 1. The fourth-order valence-corrected chi connectivity index (χ4v) is 4.29. The Bertz CT molecular complexity index is 941. The largest absolute Gasteiger partial charge is 0.457 e. The number of fused-ring (bicyclic) bond motifs is 1. The predicted molar refractivity (Wildman–Crippen MR) is 102 cm³/mol. The minimum absolute atomic E-state index is 0.0249. The summed E-state index contributed by atoms with van der Waals surface area (Å²) < 4.78 is 11.3. The lowest BCUT2D eigenvalue weighted by Crippen LogP contribution is -2.44. The molecule has 1 atom stereocenters. The zero-order valence-electron chi connectivity index (χ0n) is 16.1. The standard InChI is InChI=1S/C21H24N2O5/c1-13-15-7-3-4-8-16(15)28-18(13)14(2)27-17(24)9-12-23-19(25)21(22-20(23)26)10-5-6-11-21/h3-4,7-8,14H,5-6,9-12H2,1-2H3,(H,22,26)/t14-/m1/s1. The van der Waals surface area contributed by atoms with Crippen LogP contribution in [0.1, 0.15) is 56.5 Å². The smallest absolute Gasteiger partial charge is 0.325 e. The van der Waals surface area contributed by atoms with Crippen molar-refractivity contribution in [3.8, 4) is 0 Å². The average Bonchev–Trinajstić information content (AvgIpc) is 3.33. The summed E-state index contributed by atoms with van der Waals surface area (Å²) in [4.78, 5) is 38.2. The van der Waals surface area contributed by atoms with Gasteiger partial charge in [-0.15, -0.1) is 0 Å². The van der Waals surface area contributed by atoms with Gasteiger partial charge in [0.05, 0.1) is 6.42 Å². The number of carbonyl (C=O) groups is 3. The molecule has 4 rings (SSSR count). The van der Waals surface area contributed by atoms with Crippen LogP contribution >= 0.6 is 0 Å². The predicted octanol–water partition coefficient (Wildman–Crippen LogP) is 3.60. The molecule has 1 N–H and O–H groups in total. The average molecular weight is 384 g/mol. The van der Waals surface area contributed by atoms with Crippen molar-refractivity contribution in [3.63, 3.8) is 0 Å². The summed E-state index contributed by atoms with van der Waals surface area (Å²) in [6.45, 7) is 3.71. The normalized spacial score (nSPS) is 19.4. The van der Waals surface area contributed by atoms with Crippen molar-refractivity contribution in [1.82, 2.24) is 10.2 Å². The molecule has 1 aromatic carbocycles. The highest BCUT2D eigenvalue weighted by Gasteiger charge is 2.52. The van der Waals surface area contributed by atoms with Crippen molar-refractivity contribution >= 4 is 28.9 Å². The van der Waals surface area contributed by atoms with Gasteiger partial charge in [0.1, 0.15) is 16.9 Å². The van der Waals surface area contributed by atoms with Gasteiger partial charge in [-0.25, -0.2) is 4.79 Å². The summed E-state index contributed by atoms with van der Waals surface area (Å²) in [5.74, 6) is -0.0845. The zero-order valence-corrected chi connectivity index (χ0v) is 16.1. The van der Waals surface area contributed by atoms with E-state index in [-0.39, 0.29) is 18.9 Å². The van der Waals surface area contributed by atoms with Crippen molar-refractivity contribution in [2.24, 2.45) is 0 Å². The molecule has 1 saturated heterocycles. The molecule has 1 aromatic heterocycles. The minimum Gasteiger partial charge on any atom is -0.457 e. The first-order valence-corrected chi connectivity index (χ1v) is 9.73. The molecule has 3 amide bonds. The molecule has 0 unspecified atom stereocenters. The van der Waals surface area contributed by atoms with Crippen LogP contribution in [-0.4, -0.2) is 34.9 Å². The van der Waals surface area contributed by atoms with E-state index in [1.807, 2.05) is 31.2 Å². The van der Waals surface area contributed by atoms with Crippen molar-refractivity contribution < 1.29 is 23.5 Å². The van der Waals surface area contributed by atoms with Crippen LogP contribution in [0.15, 0.2) is 28.7 Å². The number of imide groups is 1. The van der Waals surface area contributed by atoms with E-state index in [2.05, 4.69) is 5.32 Å². The Morgan fingerprint density at radius 1 is 1.29 bits per heavy atom. The van der Waals surface area contributed by atoms with Gasteiger partial charge in [0.2, 0.25) is 0 Å². The molecular weight excluding hydrogens is 360 g/mol. The molecule has 7 nitrogen and oxygen atoms in total. The Labute approximate surface area is 163 Å². The second-order valence-electron chi connectivity index (χ2n) is 7.65. The Morgan fingerprint density at radius 2 is 2.00 bits per heavy atom. The van der Waals surface area contributed by atoms with E-state index in [9.17, 15) is 14.4 Å². The second-order valence-corrected chi connectivity index (χ2v) is 7.65. The summed E-state index contributed by atoms with van der Waals surface area (Å²) in [5.41, 5.74) is 0.937. The third kappa shape index (κ3) is 3.04. The summed E-state index contributed by atoms with van der Waals surface area (Å²) in [5, 5.41) is 3.80. The first-order chi connectivity index (χ1) is 13.4. The fourth-order valence-electron chi connectivity index (χ4n) is 4.29. The van der Waals surface area contributed by atoms with Gasteiger partial charge in [0.25, 0.3) is 5.91 Å². The number of amides is 3. The van der Waals surface area contributed by atoms with E-state index in [0.29, 0.717) is 18.6 Å². The molecule has 28 heavy (non-hydrogen) atoms. The number of nitrogens with one attached hydrogen (secondary N) is 1. The molecule has 1 aliphatic carbocycles. The van der Waals surface area contributed by atoms with Crippen LogP contribution in [0.3, 0.4) is 0 Å². The van der Waals surface area contributed by atoms with E-state index < -0.39 is 23.6 Å². The highest BCUT2D eigenvalue weighted by Crippen LogP contribution is 2.35. The number of nitrogens with zero attached hydrogens (tertiary/aromatic N) is 1. The number of urea groups is 1. The summed E-state index contributed by atoms with van der Waals surface area (Å²) in [7, 11) is 0. The maximum absolute atomic E-state index is 12.6. The molecule has 0 bridgehead atoms. The van der Waals surface area contributed by atoms with Crippen molar-refractivity contribution in [2.75, 3.05) is 6.54 Å². The number of carbonyl (C=O) groups excluding carboxylic acids is 3. The molecule has 1 aliphatic heterocycles. The number of hydrogen-bond acceptors (Lipinski definition) is 5. The third-order valence-corrected chi connectivity index (χ3v) is 5.80. The number of aryl methyl sites for hydroxylation is 1. The maximum atomic E-state index is 12.6. The topological polar surface area (TPSA) is 88.9 Å². The lowest BCUT2D eigenvalue weighted by molar-refractivity contribution is -0.149. The van der Waals surface area contributed by atoms with Crippen molar-refractivity contribution in [1.29, 1.82) is 0 Å². The molecule has 2 aliphatic rings. The number of esters is 1. The van der Waals surface area contributed by atoms with Crippen molar-refractivity contribution in [3.05, 3.63) is 35.6 Å². The molecule has 148 valence electrons. The molecule has 2 fully saturated rings. The summed E-state index contributed by atoms with van der Waals surface area (Å²) >= 11 is 0. The third-order valence-electron chi connectivity index (χ3n) is 5.80. The van der Waals surface area contributed by atoms with Gasteiger partial charge in [0, 0.05) is 17.5 Å². The van der Waals surface area contributed by atoms with Crippen molar-refractivity contribution in [2.45, 2.75) is 57.6 Å². The van der Waals surface area contributed by atoms with Gasteiger partial charge in [0.15, 0.2) is 6.10 Å². The molecule has 7 heteroatoms. The Kier molecular flexibility index (Phi) is 4.61. The number of ether oxygens (including phenoxy) is 1. The molecule has 2 heterocycles. The summed E-state index contributed by atoms with van der Waals surface area (Å²) in [6.07, 6.45) is 2.59. The van der Waals surface area contributed by atoms with Gasteiger partial charge in [-0.3, -0.25) is 14.5 Å². The van der Waals surface area contributed by atoms with Gasteiger partial charge < -0.3 is 14.5 Å². The van der Waals surface area contributed by atoms with E-state index >= 15 is 0 Å². The van der Waals surface area contributed by atoms with E-state index in [4.69, 9.17) is 9.15 Å². The van der Waals surface area contributed by atoms with Gasteiger partial charge >= 0.3 is 12.0 Å². The Balaban J connectivity index is 1.37. The maximum Gasteiger partial charge on any atom is 0.325 e. The Hall–Kier alpha value is -2.83. The SMILES string of the molecule is Cc1c([C@@H](C)OC(=O)CCN2C(=O)NC3(CCCC3)C2=O)oc2ccccc12. The highest BCUT2D eigenvalue weighted by atomic mass is 16.6. The van der Waals surface area contributed by atoms with Gasteiger partial charge in [-0.2, -0.15) is 0 Å². The van der Waals surface area contributed by atoms with Crippen LogP contribution < -0.4 is 5.32 Å². The quantitative estimate of drug-likeness (QED) is 0.628. The van der Waals surface area contributed by atoms with Crippen LogP contribution in [0.2, 0.25) is 0 Å². The van der Waals surface area contributed by atoms with Crippen LogP contribution in [0, 0.1) is 6.92 Å². The summed E-state index contributed by atoms with van der Waals surface area (Å²) in [6, 6.07) is 7.24. The molecule has 0 radical (unpaired) electrons. The molecule has 1 saturated carbocycles. The first kappa shape index (κ1) is 18.5. The molecule has 1 spiro atoms. The van der Waals surface area contributed by atoms with E-state index in [0.717, 1.165) is 34.3 Å². The lowest BCUT2D eigenvalue weighted by Gasteiger charge is -2.20.